The minimum Gasteiger partial charge on any atom is -0.375 e. The number of alkyl halides is 2. The Hall–Kier alpha value is -2.06. The van der Waals surface area contributed by atoms with Crippen molar-refractivity contribution < 1.29 is 22.3 Å². The highest BCUT2D eigenvalue weighted by atomic mass is 19.3. The lowest BCUT2D eigenvalue weighted by molar-refractivity contribution is -0.0998. The van der Waals surface area contributed by atoms with E-state index < -0.39 is 23.5 Å². The first kappa shape index (κ1) is 20.8. The van der Waals surface area contributed by atoms with E-state index in [-0.39, 0.29) is 35.2 Å². The summed E-state index contributed by atoms with van der Waals surface area (Å²) >= 11 is 0. The molecule has 3 aliphatic rings. The fourth-order valence-electron chi connectivity index (χ4n) is 6.31. The van der Waals surface area contributed by atoms with Crippen molar-refractivity contribution in [3.05, 3.63) is 47.2 Å². The quantitative estimate of drug-likeness (QED) is 0.661. The molecule has 166 valence electrons. The molecule has 0 amide bonds. The summed E-state index contributed by atoms with van der Waals surface area (Å²) in [5.41, 5.74) is 1.03. The lowest BCUT2D eigenvalue weighted by atomic mass is 9.64. The van der Waals surface area contributed by atoms with Crippen LogP contribution < -0.4 is 0 Å². The first-order valence-electron chi connectivity index (χ1n) is 10.7. The van der Waals surface area contributed by atoms with E-state index in [1.807, 2.05) is 0 Å². The monoisotopic (exact) mass is 435 g/mol. The van der Waals surface area contributed by atoms with E-state index in [0.717, 1.165) is 24.1 Å². The maximum absolute atomic E-state index is 14.3. The van der Waals surface area contributed by atoms with E-state index in [9.17, 15) is 17.6 Å². The number of morpholine rings is 1. The van der Waals surface area contributed by atoms with Crippen molar-refractivity contribution in [2.45, 2.75) is 50.6 Å². The summed E-state index contributed by atoms with van der Waals surface area (Å²) in [6.45, 7) is 5.32. The zero-order valence-corrected chi connectivity index (χ0v) is 17.5. The zero-order chi connectivity index (χ0) is 22.0. The average molecular weight is 435 g/mol. The topological polar surface area (TPSA) is 38.2 Å². The third-order valence-electron chi connectivity index (χ3n) is 7.79. The molecule has 8 heteroatoms. The highest BCUT2D eigenvalue weighted by Crippen LogP contribution is 2.69. The molecule has 2 heterocycles. The summed E-state index contributed by atoms with van der Waals surface area (Å²) in [4.78, 5) is 1.76. The van der Waals surface area contributed by atoms with Crippen molar-refractivity contribution in [2.24, 2.45) is 5.41 Å². The number of hydrogen-bond donors (Lipinski definition) is 0. The van der Waals surface area contributed by atoms with Gasteiger partial charge in [-0.1, -0.05) is 19.9 Å². The Morgan fingerprint density at radius 2 is 1.94 bits per heavy atom. The number of rotatable bonds is 4. The van der Waals surface area contributed by atoms with Crippen LogP contribution in [0.4, 0.5) is 17.6 Å². The van der Waals surface area contributed by atoms with E-state index in [1.54, 1.807) is 11.0 Å². The normalized spacial score (nSPS) is 29.5. The average Bonchev–Trinajstić information content (AvgIpc) is 3.09. The molecule has 2 aliphatic carbocycles. The van der Waals surface area contributed by atoms with Gasteiger partial charge in [0, 0.05) is 18.5 Å². The molecule has 4 nitrogen and oxygen atoms in total. The van der Waals surface area contributed by atoms with Gasteiger partial charge in [-0.25, -0.2) is 17.6 Å². The van der Waals surface area contributed by atoms with Gasteiger partial charge in [-0.2, -0.15) is 10.2 Å². The van der Waals surface area contributed by atoms with Crippen molar-refractivity contribution >= 4 is 0 Å². The van der Waals surface area contributed by atoms with Gasteiger partial charge < -0.3 is 4.74 Å². The fraction of sp³-hybridized carbons (Fsp3) is 0.565. The fourth-order valence-corrected chi connectivity index (χ4v) is 6.31. The van der Waals surface area contributed by atoms with E-state index >= 15 is 0 Å². The van der Waals surface area contributed by atoms with Crippen LogP contribution in [0.1, 0.15) is 43.9 Å². The molecule has 2 fully saturated rings. The lowest BCUT2D eigenvalue weighted by Gasteiger charge is -2.47. The number of hydrogen-bond acceptors (Lipinski definition) is 4. The van der Waals surface area contributed by atoms with Gasteiger partial charge in [0.05, 0.1) is 36.2 Å². The zero-order valence-electron chi connectivity index (χ0n) is 17.5. The number of nitrogens with zero attached hydrogens (tertiary/aromatic N) is 3. The number of ether oxygens (including phenoxy) is 1. The Balaban J connectivity index is 1.57. The van der Waals surface area contributed by atoms with Gasteiger partial charge >= 0.3 is 0 Å². The number of benzene rings is 1. The van der Waals surface area contributed by atoms with Gasteiger partial charge in [0.1, 0.15) is 11.6 Å². The first-order valence-corrected chi connectivity index (χ1v) is 10.7. The van der Waals surface area contributed by atoms with Gasteiger partial charge in [-0.3, -0.25) is 4.90 Å². The largest absolute Gasteiger partial charge is 0.375 e. The van der Waals surface area contributed by atoms with Crippen molar-refractivity contribution in [2.75, 3.05) is 26.2 Å². The Morgan fingerprint density at radius 3 is 2.65 bits per heavy atom. The molecule has 1 aromatic carbocycles. The third kappa shape index (κ3) is 2.94. The van der Waals surface area contributed by atoms with Crippen molar-refractivity contribution in [1.29, 1.82) is 0 Å². The van der Waals surface area contributed by atoms with E-state index in [0.29, 0.717) is 19.7 Å². The van der Waals surface area contributed by atoms with Crippen molar-refractivity contribution in [3.8, 4) is 11.3 Å². The van der Waals surface area contributed by atoms with Crippen molar-refractivity contribution in [1.82, 2.24) is 15.1 Å². The van der Waals surface area contributed by atoms with Gasteiger partial charge in [-0.05, 0) is 47.9 Å². The molecule has 31 heavy (non-hydrogen) atoms. The summed E-state index contributed by atoms with van der Waals surface area (Å²) < 4.78 is 60.9. The number of aromatic nitrogens is 2. The van der Waals surface area contributed by atoms with Crippen LogP contribution in [0.15, 0.2) is 24.3 Å². The maximum Gasteiger partial charge on any atom is 0.251 e. The molecule has 1 aromatic heterocycles. The molecule has 2 aromatic rings. The molecule has 1 aliphatic heterocycles. The minimum absolute atomic E-state index is 0.139. The van der Waals surface area contributed by atoms with Gasteiger partial charge in [0.25, 0.3) is 6.43 Å². The predicted octanol–water partition coefficient (Wildman–Crippen LogP) is 4.54. The second-order valence-corrected chi connectivity index (χ2v) is 9.42. The SMILES string of the molecule is CC1(C)[C@H]2CC[C@]1([C@H]1CN(CC(F)F)CCO1)c1nnc(-c3c(F)cccc3F)cc12. The molecule has 1 saturated heterocycles. The molecule has 0 unspecified atom stereocenters. The van der Waals surface area contributed by atoms with Crippen LogP contribution in [-0.4, -0.2) is 53.9 Å². The van der Waals surface area contributed by atoms with Gasteiger partial charge in [0.15, 0.2) is 0 Å². The molecule has 0 radical (unpaired) electrons. The van der Waals surface area contributed by atoms with E-state index in [2.05, 4.69) is 24.0 Å². The summed E-state index contributed by atoms with van der Waals surface area (Å²) in [6.07, 6.45) is -0.965. The van der Waals surface area contributed by atoms with Crippen LogP contribution in [0.3, 0.4) is 0 Å². The second kappa shape index (κ2) is 7.24. The summed E-state index contributed by atoms with van der Waals surface area (Å²) in [6, 6.07) is 5.49. The summed E-state index contributed by atoms with van der Waals surface area (Å²) in [7, 11) is 0. The molecule has 3 atom stereocenters. The highest BCUT2D eigenvalue weighted by molar-refractivity contribution is 5.63. The van der Waals surface area contributed by atoms with E-state index in [4.69, 9.17) is 4.74 Å². The first-order chi connectivity index (χ1) is 14.8. The highest BCUT2D eigenvalue weighted by Gasteiger charge is 2.67. The molecule has 1 saturated carbocycles. The van der Waals surface area contributed by atoms with Crippen LogP contribution in [0.5, 0.6) is 0 Å². The van der Waals surface area contributed by atoms with Crippen LogP contribution in [-0.2, 0) is 10.2 Å². The van der Waals surface area contributed by atoms with Crippen LogP contribution >= 0.6 is 0 Å². The Bertz CT molecular complexity index is 994. The maximum atomic E-state index is 14.3. The minimum atomic E-state index is -2.39. The van der Waals surface area contributed by atoms with E-state index in [1.165, 1.54) is 18.2 Å². The Morgan fingerprint density at radius 1 is 1.19 bits per heavy atom. The third-order valence-corrected chi connectivity index (χ3v) is 7.79. The van der Waals surface area contributed by atoms with Crippen LogP contribution in [0.2, 0.25) is 0 Å². The lowest BCUT2D eigenvalue weighted by Crippen LogP contribution is -2.56. The summed E-state index contributed by atoms with van der Waals surface area (Å²) in [5, 5.41) is 8.71. The number of fused-ring (bicyclic) bond motifs is 5. The van der Waals surface area contributed by atoms with Crippen LogP contribution in [0, 0.1) is 17.0 Å². The van der Waals surface area contributed by atoms with Gasteiger partial charge in [-0.15, -0.1) is 0 Å². The van der Waals surface area contributed by atoms with Crippen LogP contribution in [0.25, 0.3) is 11.3 Å². The predicted molar refractivity (Wildman–Crippen MR) is 107 cm³/mol. The summed E-state index contributed by atoms with van der Waals surface area (Å²) in [5.74, 6) is -1.21. The van der Waals surface area contributed by atoms with Crippen molar-refractivity contribution in [3.63, 3.8) is 0 Å². The smallest absolute Gasteiger partial charge is 0.251 e. The molecular weight excluding hydrogens is 410 g/mol. The molecule has 0 N–H and O–H groups in total. The Kier molecular flexibility index (Phi) is 4.86. The Labute approximate surface area is 178 Å². The molecule has 5 rings (SSSR count). The van der Waals surface area contributed by atoms with Gasteiger partial charge in [0.2, 0.25) is 0 Å². The second-order valence-electron chi connectivity index (χ2n) is 9.42. The standard InChI is InChI=1S/C23H25F4N3O/c1-22(2)14-6-7-23(22,18-11-30(8-9-31-18)12-19(26)27)21-13(14)10-17(28-29-21)20-15(24)4-3-5-16(20)25/h3-5,10,14,18-19H,6-9,11-12H2,1-2H3/t14-,18+,23-/m0/s1. The molecule has 0 spiro atoms. The number of halogens is 4. The molecular formula is C23H25F4N3O. The molecule has 2 bridgehead atoms.